The lowest BCUT2D eigenvalue weighted by atomic mass is 9.87. The van der Waals surface area contributed by atoms with Crippen LogP contribution < -0.4 is 0 Å². The first-order chi connectivity index (χ1) is 6.11. The predicted octanol–water partition coefficient (Wildman–Crippen LogP) is 3.55. The van der Waals surface area contributed by atoms with E-state index in [4.69, 9.17) is 11.6 Å². The average molecular weight is 197 g/mol. The number of allylic oxidation sites excluding steroid dienone is 1. The lowest BCUT2D eigenvalue weighted by molar-refractivity contribution is 0.332. The number of hydrogen-bond acceptors (Lipinski definition) is 0. The van der Waals surface area contributed by atoms with E-state index in [1.807, 2.05) is 24.3 Å². The van der Waals surface area contributed by atoms with Crippen LogP contribution in [0.5, 0.6) is 0 Å². The number of hydrogen-bond donors (Lipinski definition) is 0. The summed E-state index contributed by atoms with van der Waals surface area (Å²) in [6.45, 7) is 3.70. The van der Waals surface area contributed by atoms with Crippen molar-refractivity contribution in [2.24, 2.45) is 0 Å². The largest absolute Gasteiger partial charge is 0.221 e. The van der Waals surface area contributed by atoms with Crippen LogP contribution in [0.25, 0.3) is 5.57 Å². The van der Waals surface area contributed by atoms with Crippen LogP contribution in [-0.4, -0.2) is 5.13 Å². The minimum atomic E-state index is -1.74. The molecule has 1 aromatic carbocycles. The van der Waals surface area contributed by atoms with E-state index in [2.05, 4.69) is 6.58 Å². The third-order valence-electron chi connectivity index (χ3n) is 2.49. The van der Waals surface area contributed by atoms with Gasteiger partial charge in [-0.2, -0.15) is 0 Å². The smallest absolute Gasteiger partial charge is 0.209 e. The van der Waals surface area contributed by atoms with Gasteiger partial charge in [-0.1, -0.05) is 42.4 Å². The summed E-state index contributed by atoms with van der Waals surface area (Å²) in [6, 6.07) is 7.69. The molecule has 0 saturated heterocycles. The summed E-state index contributed by atoms with van der Waals surface area (Å²) in [6.07, 6.45) is 1.01. The third-order valence-corrected chi connectivity index (χ3v) is 2.91. The second-order valence-electron chi connectivity index (χ2n) is 3.34. The van der Waals surface area contributed by atoms with Crippen molar-refractivity contribution in [1.82, 2.24) is 0 Å². The van der Waals surface area contributed by atoms with Gasteiger partial charge in [0.15, 0.2) is 0 Å². The summed E-state index contributed by atoms with van der Waals surface area (Å²) in [5, 5.41) is -1.74. The Hall–Kier alpha value is -0.820. The van der Waals surface area contributed by atoms with Crippen LogP contribution in [0, 0.1) is 0 Å². The standard InChI is InChI=1S/C11H10ClF/c1-8-10-5-3-2-4-9(10)6-7-11(8,12)13/h2-5H,1,6-7H2/t11-/m0/s1. The highest BCUT2D eigenvalue weighted by Gasteiger charge is 2.35. The molecule has 1 aliphatic carbocycles. The van der Waals surface area contributed by atoms with Crippen LogP contribution in [0.4, 0.5) is 4.39 Å². The van der Waals surface area contributed by atoms with E-state index in [-0.39, 0.29) is 0 Å². The molecule has 0 aromatic heterocycles. The van der Waals surface area contributed by atoms with Gasteiger partial charge in [-0.15, -0.1) is 0 Å². The molecule has 0 unspecified atom stereocenters. The maximum Gasteiger partial charge on any atom is 0.209 e. The molecule has 0 nitrogen and oxygen atoms in total. The number of aryl methyl sites for hydroxylation is 1. The topological polar surface area (TPSA) is 0 Å². The number of halogens is 2. The Morgan fingerprint density at radius 1 is 1.38 bits per heavy atom. The lowest BCUT2D eigenvalue weighted by Gasteiger charge is -2.27. The molecule has 0 radical (unpaired) electrons. The van der Waals surface area contributed by atoms with Crippen molar-refractivity contribution in [3.05, 3.63) is 42.0 Å². The maximum absolute atomic E-state index is 13.6. The van der Waals surface area contributed by atoms with Crippen LogP contribution in [0.15, 0.2) is 30.8 Å². The van der Waals surface area contributed by atoms with Crippen LogP contribution in [0.1, 0.15) is 17.5 Å². The van der Waals surface area contributed by atoms with E-state index in [1.165, 1.54) is 0 Å². The Bertz CT molecular complexity index is 355. The molecule has 0 heterocycles. The molecule has 2 rings (SSSR count). The Kier molecular flexibility index (Phi) is 1.92. The van der Waals surface area contributed by atoms with Crippen molar-refractivity contribution in [1.29, 1.82) is 0 Å². The molecule has 1 aliphatic rings. The molecule has 0 saturated carbocycles. The summed E-state index contributed by atoms with van der Waals surface area (Å²) in [5.41, 5.74) is 2.41. The van der Waals surface area contributed by atoms with Crippen molar-refractivity contribution in [3.8, 4) is 0 Å². The third kappa shape index (κ3) is 1.37. The highest BCUT2D eigenvalue weighted by atomic mass is 35.5. The normalized spacial score (nSPS) is 27.1. The van der Waals surface area contributed by atoms with E-state index in [0.29, 0.717) is 18.4 Å². The van der Waals surface area contributed by atoms with Gasteiger partial charge in [0.25, 0.3) is 0 Å². The second-order valence-corrected chi connectivity index (χ2v) is 3.94. The summed E-state index contributed by atoms with van der Waals surface area (Å²) >= 11 is 5.68. The summed E-state index contributed by atoms with van der Waals surface area (Å²) in [5.74, 6) is 0. The number of rotatable bonds is 0. The molecule has 0 bridgehead atoms. The van der Waals surface area contributed by atoms with Crippen molar-refractivity contribution >= 4 is 17.2 Å². The summed E-state index contributed by atoms with van der Waals surface area (Å²) in [7, 11) is 0. The monoisotopic (exact) mass is 196 g/mol. The van der Waals surface area contributed by atoms with Crippen LogP contribution >= 0.6 is 11.6 Å². The van der Waals surface area contributed by atoms with Crippen molar-refractivity contribution in [2.75, 3.05) is 0 Å². The van der Waals surface area contributed by atoms with Crippen molar-refractivity contribution in [2.45, 2.75) is 18.0 Å². The van der Waals surface area contributed by atoms with Gasteiger partial charge in [-0.05, 0) is 17.5 Å². The van der Waals surface area contributed by atoms with Gasteiger partial charge >= 0.3 is 0 Å². The number of benzene rings is 1. The average Bonchev–Trinajstić information content (AvgIpc) is 2.13. The van der Waals surface area contributed by atoms with Gasteiger partial charge in [0.2, 0.25) is 5.13 Å². The highest BCUT2D eigenvalue weighted by molar-refractivity contribution is 6.29. The van der Waals surface area contributed by atoms with Crippen molar-refractivity contribution < 1.29 is 4.39 Å². The molecular weight excluding hydrogens is 187 g/mol. The molecule has 13 heavy (non-hydrogen) atoms. The maximum atomic E-state index is 13.6. The zero-order valence-electron chi connectivity index (χ0n) is 7.19. The molecule has 1 aromatic rings. The van der Waals surface area contributed by atoms with Crippen molar-refractivity contribution in [3.63, 3.8) is 0 Å². The van der Waals surface area contributed by atoms with Crippen LogP contribution in [0.2, 0.25) is 0 Å². The molecule has 2 heteroatoms. The quantitative estimate of drug-likeness (QED) is 0.557. The highest BCUT2D eigenvalue weighted by Crippen LogP contribution is 2.42. The first kappa shape index (κ1) is 8.76. The Morgan fingerprint density at radius 3 is 2.85 bits per heavy atom. The minimum absolute atomic E-state index is 0.324. The molecule has 1 atom stereocenters. The van der Waals surface area contributed by atoms with Gasteiger partial charge in [0, 0.05) is 12.0 Å². The van der Waals surface area contributed by atoms with Crippen LogP contribution in [-0.2, 0) is 6.42 Å². The van der Waals surface area contributed by atoms with E-state index < -0.39 is 5.13 Å². The van der Waals surface area contributed by atoms with E-state index in [1.54, 1.807) is 0 Å². The molecule has 68 valence electrons. The van der Waals surface area contributed by atoms with Gasteiger partial charge in [0.1, 0.15) is 0 Å². The molecular formula is C11H10ClF. The predicted molar refractivity (Wildman–Crippen MR) is 53.5 cm³/mol. The fourth-order valence-electron chi connectivity index (χ4n) is 1.67. The first-order valence-electron chi connectivity index (χ1n) is 4.27. The number of fused-ring (bicyclic) bond motifs is 1. The van der Waals surface area contributed by atoms with Gasteiger partial charge in [-0.25, -0.2) is 4.39 Å². The lowest BCUT2D eigenvalue weighted by Crippen LogP contribution is -2.22. The summed E-state index contributed by atoms with van der Waals surface area (Å²) < 4.78 is 13.6. The molecule has 0 spiro atoms. The Morgan fingerprint density at radius 2 is 2.08 bits per heavy atom. The number of alkyl halides is 2. The van der Waals surface area contributed by atoms with Crippen LogP contribution in [0.3, 0.4) is 0 Å². The zero-order chi connectivity index (χ0) is 9.47. The Balaban J connectivity index is 2.52. The second kappa shape index (κ2) is 2.85. The van der Waals surface area contributed by atoms with E-state index in [9.17, 15) is 4.39 Å². The zero-order valence-corrected chi connectivity index (χ0v) is 7.94. The molecule has 0 fully saturated rings. The Labute approximate surface area is 82.0 Å². The van der Waals surface area contributed by atoms with Gasteiger partial charge in [0.05, 0.1) is 0 Å². The molecule has 0 N–H and O–H groups in total. The van der Waals surface area contributed by atoms with Gasteiger partial charge in [-0.3, -0.25) is 0 Å². The van der Waals surface area contributed by atoms with Gasteiger partial charge < -0.3 is 0 Å². The fraction of sp³-hybridized carbons (Fsp3) is 0.273. The minimum Gasteiger partial charge on any atom is -0.221 e. The van der Waals surface area contributed by atoms with E-state index >= 15 is 0 Å². The summed E-state index contributed by atoms with van der Waals surface area (Å²) in [4.78, 5) is 0. The fourth-order valence-corrected chi connectivity index (χ4v) is 1.87. The molecule has 0 amide bonds. The first-order valence-corrected chi connectivity index (χ1v) is 4.64. The SMILES string of the molecule is C=C1c2ccccc2CC[C@@]1(F)Cl. The molecule has 0 aliphatic heterocycles. The van der Waals surface area contributed by atoms with E-state index in [0.717, 1.165) is 11.1 Å².